The summed E-state index contributed by atoms with van der Waals surface area (Å²) in [5.74, 6) is -1.16. The van der Waals surface area contributed by atoms with Crippen molar-refractivity contribution in [3.05, 3.63) is 28.8 Å². The van der Waals surface area contributed by atoms with Gasteiger partial charge in [0.1, 0.15) is 5.56 Å². The number of carbonyl (C=O) groups is 2. The predicted molar refractivity (Wildman–Crippen MR) is 77.2 cm³/mol. The van der Waals surface area contributed by atoms with Crippen LogP contribution >= 0.6 is 11.6 Å². The summed E-state index contributed by atoms with van der Waals surface area (Å²) in [7, 11) is 0. The van der Waals surface area contributed by atoms with Gasteiger partial charge in [0, 0.05) is 0 Å². The Morgan fingerprint density at radius 2 is 2.20 bits per heavy atom. The summed E-state index contributed by atoms with van der Waals surface area (Å²) in [5, 5.41) is 15.1. The van der Waals surface area contributed by atoms with Crippen LogP contribution in [0.4, 0.5) is 5.69 Å². The highest BCUT2D eigenvalue weighted by Crippen LogP contribution is 2.25. The van der Waals surface area contributed by atoms with Crippen molar-refractivity contribution in [3.63, 3.8) is 0 Å². The first kappa shape index (κ1) is 14.8. The fourth-order valence-corrected chi connectivity index (χ4v) is 2.71. The number of benzene rings is 1. The third-order valence-electron chi connectivity index (χ3n) is 3.54. The van der Waals surface area contributed by atoms with Gasteiger partial charge in [-0.1, -0.05) is 24.6 Å². The van der Waals surface area contributed by atoms with Gasteiger partial charge in [0.15, 0.2) is 0 Å². The Morgan fingerprint density at radius 1 is 1.45 bits per heavy atom. The second-order valence-corrected chi connectivity index (χ2v) is 5.42. The summed E-state index contributed by atoms with van der Waals surface area (Å²) in [4.78, 5) is 23.5. The molecule has 0 spiro atoms. The lowest BCUT2D eigenvalue weighted by Gasteiger charge is -2.29. The van der Waals surface area contributed by atoms with Crippen LogP contribution in [0.15, 0.2) is 18.2 Å². The van der Waals surface area contributed by atoms with Gasteiger partial charge in [-0.15, -0.1) is 0 Å². The van der Waals surface area contributed by atoms with Gasteiger partial charge in [0.2, 0.25) is 5.91 Å². The maximum atomic E-state index is 12.3. The first-order valence-electron chi connectivity index (χ1n) is 6.56. The zero-order valence-corrected chi connectivity index (χ0v) is 11.9. The number of hydrogen-bond acceptors (Lipinski definition) is 3. The fraction of sp³-hybridized carbons (Fsp3) is 0.429. The molecular formula is C14H17ClN2O3. The van der Waals surface area contributed by atoms with Crippen molar-refractivity contribution in [1.82, 2.24) is 5.32 Å². The van der Waals surface area contributed by atoms with Crippen LogP contribution in [0.2, 0.25) is 5.02 Å². The van der Waals surface area contributed by atoms with Crippen molar-refractivity contribution in [2.75, 3.05) is 11.9 Å². The molecule has 1 aliphatic rings. The number of halogens is 1. The average Bonchev–Trinajstić information content (AvgIpc) is 2.38. The maximum absolute atomic E-state index is 12.3. The van der Waals surface area contributed by atoms with Crippen LogP contribution in [-0.2, 0) is 4.79 Å². The second kappa shape index (κ2) is 6.24. The zero-order chi connectivity index (χ0) is 14.7. The van der Waals surface area contributed by atoms with Crippen LogP contribution in [0.25, 0.3) is 0 Å². The van der Waals surface area contributed by atoms with E-state index < -0.39 is 5.97 Å². The van der Waals surface area contributed by atoms with Gasteiger partial charge >= 0.3 is 5.97 Å². The molecule has 20 heavy (non-hydrogen) atoms. The highest BCUT2D eigenvalue weighted by atomic mass is 35.5. The Kier molecular flexibility index (Phi) is 4.62. The minimum Gasteiger partial charge on any atom is -0.478 e. The Balaban J connectivity index is 2.19. The second-order valence-electron chi connectivity index (χ2n) is 5.01. The molecule has 0 saturated carbocycles. The summed E-state index contributed by atoms with van der Waals surface area (Å²) in [5.41, 5.74) is 0.153. The lowest BCUT2D eigenvalue weighted by molar-refractivity contribution is -0.119. The molecule has 1 fully saturated rings. The van der Waals surface area contributed by atoms with E-state index in [-0.39, 0.29) is 34.1 Å². The van der Waals surface area contributed by atoms with Crippen molar-refractivity contribution in [3.8, 4) is 0 Å². The Hall–Kier alpha value is -1.59. The summed E-state index contributed by atoms with van der Waals surface area (Å²) >= 11 is 5.87. The molecule has 1 aliphatic heterocycles. The zero-order valence-electron chi connectivity index (χ0n) is 11.1. The van der Waals surface area contributed by atoms with Crippen LogP contribution in [-0.4, -0.2) is 29.6 Å². The average molecular weight is 297 g/mol. The highest BCUT2D eigenvalue weighted by molar-refractivity contribution is 6.34. The number of piperidine rings is 1. The first-order chi connectivity index (χ1) is 9.50. The molecule has 1 aromatic carbocycles. The van der Waals surface area contributed by atoms with Gasteiger partial charge in [-0.2, -0.15) is 0 Å². The van der Waals surface area contributed by atoms with Crippen LogP contribution in [0.1, 0.15) is 30.1 Å². The van der Waals surface area contributed by atoms with E-state index in [0.717, 1.165) is 19.4 Å². The van der Waals surface area contributed by atoms with E-state index in [2.05, 4.69) is 10.6 Å². The lowest BCUT2D eigenvalue weighted by atomic mass is 9.92. The molecule has 2 atom stereocenters. The van der Waals surface area contributed by atoms with Gasteiger partial charge in [-0.05, 0) is 37.4 Å². The van der Waals surface area contributed by atoms with Crippen LogP contribution in [0.5, 0.6) is 0 Å². The van der Waals surface area contributed by atoms with Gasteiger partial charge in [-0.3, -0.25) is 4.79 Å². The minimum atomic E-state index is -1.16. The Bertz CT molecular complexity index is 533. The van der Waals surface area contributed by atoms with E-state index >= 15 is 0 Å². The summed E-state index contributed by atoms with van der Waals surface area (Å²) < 4.78 is 0. The van der Waals surface area contributed by atoms with Crippen LogP contribution < -0.4 is 10.6 Å². The molecule has 6 heteroatoms. The SMILES string of the molecule is CC1CCCNC1C(=O)Nc1cccc(Cl)c1C(=O)O. The van der Waals surface area contributed by atoms with E-state index in [1.165, 1.54) is 6.07 Å². The topological polar surface area (TPSA) is 78.4 Å². The summed E-state index contributed by atoms with van der Waals surface area (Å²) in [6.45, 7) is 2.80. The summed E-state index contributed by atoms with van der Waals surface area (Å²) in [6, 6.07) is 4.34. The smallest absolute Gasteiger partial charge is 0.339 e. The molecule has 0 bridgehead atoms. The third-order valence-corrected chi connectivity index (χ3v) is 3.85. The quantitative estimate of drug-likeness (QED) is 0.800. The lowest BCUT2D eigenvalue weighted by Crippen LogP contribution is -2.48. The molecule has 1 heterocycles. The highest BCUT2D eigenvalue weighted by Gasteiger charge is 2.28. The largest absolute Gasteiger partial charge is 0.478 e. The molecule has 3 N–H and O–H groups in total. The summed E-state index contributed by atoms with van der Waals surface area (Å²) in [6.07, 6.45) is 2.02. The maximum Gasteiger partial charge on any atom is 0.339 e. The number of rotatable bonds is 3. The predicted octanol–water partition coefficient (Wildman–Crippen LogP) is 2.36. The standard InChI is InChI=1S/C14H17ClN2O3/c1-8-4-3-7-16-12(8)13(18)17-10-6-2-5-9(15)11(10)14(19)20/h2,5-6,8,12,16H,3-4,7H2,1H3,(H,17,18)(H,19,20). The monoisotopic (exact) mass is 296 g/mol. The normalized spacial score (nSPS) is 22.3. The molecule has 0 radical (unpaired) electrons. The number of anilines is 1. The molecule has 5 nitrogen and oxygen atoms in total. The number of amides is 1. The molecule has 1 amide bonds. The van der Waals surface area contributed by atoms with Gasteiger partial charge in [0.05, 0.1) is 16.8 Å². The third kappa shape index (κ3) is 3.11. The Morgan fingerprint density at radius 3 is 2.85 bits per heavy atom. The molecule has 2 unspecified atom stereocenters. The van der Waals surface area contributed by atoms with Gasteiger partial charge in [-0.25, -0.2) is 4.79 Å². The van der Waals surface area contributed by atoms with E-state index in [1.54, 1.807) is 12.1 Å². The van der Waals surface area contributed by atoms with E-state index in [9.17, 15) is 14.7 Å². The molecule has 0 aliphatic carbocycles. The van der Waals surface area contributed by atoms with Crippen molar-refractivity contribution >= 4 is 29.2 Å². The number of carboxylic acid groups (broad SMARTS) is 1. The number of nitrogens with one attached hydrogen (secondary N) is 2. The number of carbonyl (C=O) groups excluding carboxylic acids is 1. The molecule has 1 saturated heterocycles. The number of carboxylic acids is 1. The minimum absolute atomic E-state index is 0.0778. The number of hydrogen-bond donors (Lipinski definition) is 3. The molecular weight excluding hydrogens is 280 g/mol. The molecule has 108 valence electrons. The van der Waals surface area contributed by atoms with Gasteiger partial charge in [0.25, 0.3) is 0 Å². The van der Waals surface area contributed by atoms with Crippen LogP contribution in [0, 0.1) is 5.92 Å². The fourth-order valence-electron chi connectivity index (χ4n) is 2.46. The van der Waals surface area contributed by atoms with Crippen LogP contribution in [0.3, 0.4) is 0 Å². The first-order valence-corrected chi connectivity index (χ1v) is 6.94. The molecule has 1 aromatic rings. The van der Waals surface area contributed by atoms with E-state index in [4.69, 9.17) is 11.6 Å². The number of aromatic carboxylic acids is 1. The molecule has 2 rings (SSSR count). The van der Waals surface area contributed by atoms with Crippen molar-refractivity contribution in [2.24, 2.45) is 5.92 Å². The van der Waals surface area contributed by atoms with Gasteiger partial charge < -0.3 is 15.7 Å². The van der Waals surface area contributed by atoms with Crippen molar-refractivity contribution in [1.29, 1.82) is 0 Å². The van der Waals surface area contributed by atoms with E-state index in [0.29, 0.717) is 0 Å². The van der Waals surface area contributed by atoms with Crippen molar-refractivity contribution in [2.45, 2.75) is 25.8 Å². The van der Waals surface area contributed by atoms with Crippen molar-refractivity contribution < 1.29 is 14.7 Å². The van der Waals surface area contributed by atoms with E-state index in [1.807, 2.05) is 6.92 Å². The molecule has 0 aromatic heterocycles. The Labute approximate surface area is 122 Å².